The Morgan fingerprint density at radius 3 is 2.66 bits per heavy atom. The minimum Gasteiger partial charge on any atom is -0.478 e. The molecule has 156 valence electrons. The zero-order valence-corrected chi connectivity index (χ0v) is 17.0. The van der Waals surface area contributed by atoms with E-state index in [0.29, 0.717) is 11.6 Å². The molecule has 1 saturated heterocycles. The second-order valence-corrected chi connectivity index (χ2v) is 8.52. The predicted molar refractivity (Wildman–Crippen MR) is 116 cm³/mol. The summed E-state index contributed by atoms with van der Waals surface area (Å²) in [5, 5.41) is 9.94. The van der Waals surface area contributed by atoms with Crippen molar-refractivity contribution in [1.82, 2.24) is 0 Å². The molecule has 4 rings (SSSR count). The van der Waals surface area contributed by atoms with Crippen molar-refractivity contribution in [3.63, 3.8) is 0 Å². The molecule has 0 amide bonds. The number of rotatable bonds is 3. The molecule has 2 fully saturated rings. The molecule has 1 saturated carbocycles. The van der Waals surface area contributed by atoms with E-state index in [-0.39, 0.29) is 17.5 Å². The summed E-state index contributed by atoms with van der Waals surface area (Å²) in [5.74, 6) is 0.0826. The predicted octanol–water partition coefficient (Wildman–Crippen LogP) is 2.73. The van der Waals surface area contributed by atoms with E-state index in [1.54, 1.807) is 6.07 Å². The molecule has 5 N–H and O–H groups in total. The smallest absolute Gasteiger partial charge is 0.337 e. The molecule has 29 heavy (non-hydrogen) atoms. The normalized spacial score (nSPS) is 24.2. The number of hydrogen-bond donors (Lipinski definition) is 3. The highest BCUT2D eigenvalue weighted by Gasteiger charge is 2.43. The highest BCUT2D eigenvalue weighted by atomic mass is 16.4. The molecule has 0 radical (unpaired) electrons. The molecule has 8 heteroatoms. The summed E-state index contributed by atoms with van der Waals surface area (Å²) in [5.41, 5.74) is 13.4. The topological polar surface area (TPSA) is 121 Å². The van der Waals surface area contributed by atoms with Gasteiger partial charge in [0.2, 0.25) is 11.9 Å². The molecule has 0 bridgehead atoms. The van der Waals surface area contributed by atoms with Gasteiger partial charge in [0, 0.05) is 18.8 Å². The largest absolute Gasteiger partial charge is 0.478 e. The first kappa shape index (κ1) is 19.5. The SMILES string of the molecule is CC1CCCN(c2ccc(N3C(N)=NC(N)=NC34CCCCC4)cc2C(=O)O)C1. The van der Waals surface area contributed by atoms with Crippen LogP contribution >= 0.6 is 0 Å². The van der Waals surface area contributed by atoms with Crippen molar-refractivity contribution in [3.8, 4) is 0 Å². The molecule has 1 unspecified atom stereocenters. The molecular weight excluding hydrogens is 368 g/mol. The summed E-state index contributed by atoms with van der Waals surface area (Å²) < 4.78 is 0. The Morgan fingerprint density at radius 1 is 1.21 bits per heavy atom. The van der Waals surface area contributed by atoms with E-state index >= 15 is 0 Å². The van der Waals surface area contributed by atoms with E-state index in [9.17, 15) is 9.90 Å². The fourth-order valence-electron chi connectivity index (χ4n) is 5.01. The third-order valence-electron chi connectivity index (χ3n) is 6.32. The molecule has 1 atom stereocenters. The molecule has 3 aliphatic rings. The molecule has 2 heterocycles. The number of nitrogens with zero attached hydrogens (tertiary/aromatic N) is 4. The molecular formula is C21H30N6O2. The number of anilines is 2. The van der Waals surface area contributed by atoms with Crippen molar-refractivity contribution >= 4 is 29.3 Å². The van der Waals surface area contributed by atoms with Crippen molar-refractivity contribution in [2.45, 2.75) is 57.5 Å². The third-order valence-corrected chi connectivity index (χ3v) is 6.32. The summed E-state index contributed by atoms with van der Waals surface area (Å²) in [7, 11) is 0. The average Bonchev–Trinajstić information content (AvgIpc) is 2.67. The van der Waals surface area contributed by atoms with Crippen LogP contribution in [0.2, 0.25) is 0 Å². The second kappa shape index (κ2) is 7.57. The van der Waals surface area contributed by atoms with Gasteiger partial charge in [-0.3, -0.25) is 4.90 Å². The fourth-order valence-corrected chi connectivity index (χ4v) is 5.01. The number of carbonyl (C=O) groups is 1. The van der Waals surface area contributed by atoms with Crippen LogP contribution in [0.5, 0.6) is 0 Å². The van der Waals surface area contributed by atoms with E-state index in [2.05, 4.69) is 21.8 Å². The van der Waals surface area contributed by atoms with Gasteiger partial charge in [0.25, 0.3) is 0 Å². The number of aliphatic imine (C=N–C) groups is 2. The first-order chi connectivity index (χ1) is 13.9. The Kier molecular flexibility index (Phi) is 5.10. The number of guanidine groups is 2. The summed E-state index contributed by atoms with van der Waals surface area (Å²) in [6.45, 7) is 3.96. The van der Waals surface area contributed by atoms with Gasteiger partial charge in [0.1, 0.15) is 5.66 Å². The van der Waals surface area contributed by atoms with E-state index in [4.69, 9.17) is 11.5 Å². The quantitative estimate of drug-likeness (QED) is 0.720. The first-order valence-electron chi connectivity index (χ1n) is 10.5. The second-order valence-electron chi connectivity index (χ2n) is 8.52. The summed E-state index contributed by atoms with van der Waals surface area (Å²) in [4.78, 5) is 25.0. The van der Waals surface area contributed by atoms with Crippen molar-refractivity contribution < 1.29 is 9.90 Å². The van der Waals surface area contributed by atoms with Crippen LogP contribution in [-0.2, 0) is 0 Å². The van der Waals surface area contributed by atoms with Gasteiger partial charge >= 0.3 is 5.97 Å². The van der Waals surface area contributed by atoms with Crippen molar-refractivity contribution in [1.29, 1.82) is 0 Å². The maximum absolute atomic E-state index is 12.1. The zero-order valence-electron chi connectivity index (χ0n) is 17.0. The van der Waals surface area contributed by atoms with E-state index < -0.39 is 11.6 Å². The van der Waals surface area contributed by atoms with Gasteiger partial charge in [0.05, 0.1) is 11.3 Å². The van der Waals surface area contributed by atoms with Gasteiger partial charge in [-0.25, -0.2) is 9.79 Å². The number of piperidine rings is 1. The maximum Gasteiger partial charge on any atom is 0.337 e. The van der Waals surface area contributed by atoms with Gasteiger partial charge in [-0.05, 0) is 62.6 Å². The van der Waals surface area contributed by atoms with Gasteiger partial charge in [0.15, 0.2) is 0 Å². The average molecular weight is 399 g/mol. The molecule has 1 spiro atoms. The first-order valence-corrected chi connectivity index (χ1v) is 10.5. The highest BCUT2D eigenvalue weighted by Crippen LogP contribution is 2.40. The molecule has 8 nitrogen and oxygen atoms in total. The Hall–Kier alpha value is -2.77. The fraction of sp³-hybridized carbons (Fsp3) is 0.571. The van der Waals surface area contributed by atoms with E-state index in [1.165, 1.54) is 6.42 Å². The van der Waals surface area contributed by atoms with Crippen LogP contribution in [0, 0.1) is 5.92 Å². The van der Waals surface area contributed by atoms with Crippen molar-refractivity contribution in [3.05, 3.63) is 23.8 Å². The lowest BCUT2D eigenvalue weighted by Gasteiger charge is -2.45. The number of carboxylic acids is 1. The highest BCUT2D eigenvalue weighted by molar-refractivity contribution is 6.06. The van der Waals surface area contributed by atoms with Gasteiger partial charge in [-0.15, -0.1) is 0 Å². The Bertz CT molecular complexity index is 859. The lowest BCUT2D eigenvalue weighted by atomic mass is 9.87. The Balaban J connectivity index is 1.75. The molecule has 1 aromatic carbocycles. The number of aromatic carboxylic acids is 1. The lowest BCUT2D eigenvalue weighted by Crippen LogP contribution is -2.58. The van der Waals surface area contributed by atoms with Crippen LogP contribution in [0.4, 0.5) is 11.4 Å². The summed E-state index contributed by atoms with van der Waals surface area (Å²) in [6.07, 6.45) is 7.08. The molecule has 1 aliphatic carbocycles. The van der Waals surface area contributed by atoms with Gasteiger partial charge in [-0.1, -0.05) is 13.3 Å². The minimum absolute atomic E-state index is 0.193. The standard InChI is InChI=1S/C21H30N6O2/c1-14-6-5-11-26(13-14)17-8-7-15(12-16(17)18(28)29)27-20(23)24-19(22)25-21(27)9-3-2-4-10-21/h7-8,12,14H,2-6,9-11,13H2,1H3,(H,28,29)(H4,22,23,24,25). The van der Waals surface area contributed by atoms with Crippen LogP contribution in [0.3, 0.4) is 0 Å². The Labute approximate surface area is 171 Å². The summed E-state index contributed by atoms with van der Waals surface area (Å²) >= 11 is 0. The maximum atomic E-state index is 12.1. The van der Waals surface area contributed by atoms with Crippen LogP contribution < -0.4 is 21.3 Å². The monoisotopic (exact) mass is 398 g/mol. The number of benzene rings is 1. The van der Waals surface area contributed by atoms with Gasteiger partial charge < -0.3 is 21.5 Å². The minimum atomic E-state index is -0.937. The molecule has 0 aromatic heterocycles. The number of hydrogen-bond acceptors (Lipinski definition) is 7. The van der Waals surface area contributed by atoms with Crippen molar-refractivity contribution in [2.75, 3.05) is 22.9 Å². The van der Waals surface area contributed by atoms with Crippen molar-refractivity contribution in [2.24, 2.45) is 27.4 Å². The van der Waals surface area contributed by atoms with Crippen LogP contribution in [0.1, 0.15) is 62.2 Å². The summed E-state index contributed by atoms with van der Waals surface area (Å²) in [6, 6.07) is 5.56. The van der Waals surface area contributed by atoms with Crippen LogP contribution in [-0.4, -0.2) is 41.7 Å². The van der Waals surface area contributed by atoms with Crippen LogP contribution in [0.15, 0.2) is 28.2 Å². The Morgan fingerprint density at radius 2 is 1.97 bits per heavy atom. The van der Waals surface area contributed by atoms with E-state index in [0.717, 1.165) is 57.3 Å². The number of carboxylic acid groups (broad SMARTS) is 1. The third kappa shape index (κ3) is 3.63. The van der Waals surface area contributed by atoms with Crippen LogP contribution in [0.25, 0.3) is 0 Å². The lowest BCUT2D eigenvalue weighted by molar-refractivity contribution is 0.0697. The number of nitrogens with two attached hydrogens (primary N) is 2. The molecule has 1 aromatic rings. The van der Waals surface area contributed by atoms with Gasteiger partial charge in [-0.2, -0.15) is 4.99 Å². The van der Waals surface area contributed by atoms with E-state index in [1.807, 2.05) is 17.0 Å². The zero-order chi connectivity index (χ0) is 20.6. The molecule has 2 aliphatic heterocycles.